The molecule has 1 aromatic carbocycles. The van der Waals surface area contributed by atoms with Crippen LogP contribution in [0.2, 0.25) is 0 Å². The molecular formula is C22H28N2O5S2. The van der Waals surface area contributed by atoms with Crippen LogP contribution in [-0.2, 0) is 14.8 Å². The zero-order chi connectivity index (χ0) is 22.8. The van der Waals surface area contributed by atoms with E-state index in [4.69, 9.17) is 4.74 Å². The minimum absolute atomic E-state index is 0.0174. The van der Waals surface area contributed by atoms with Gasteiger partial charge in [0.15, 0.2) is 0 Å². The molecule has 0 saturated heterocycles. The second-order valence-electron chi connectivity index (χ2n) is 7.77. The molecule has 31 heavy (non-hydrogen) atoms. The van der Waals surface area contributed by atoms with E-state index in [1.54, 1.807) is 14.0 Å². The van der Waals surface area contributed by atoms with Gasteiger partial charge in [-0.3, -0.25) is 4.79 Å². The van der Waals surface area contributed by atoms with Crippen LogP contribution < -0.4 is 5.32 Å². The fourth-order valence-corrected chi connectivity index (χ4v) is 6.28. The number of ether oxygens (including phenoxy) is 1. The van der Waals surface area contributed by atoms with Crippen LogP contribution in [0.25, 0.3) is 0 Å². The fraction of sp³-hybridized carbons (Fsp3) is 0.455. The maximum absolute atomic E-state index is 13.0. The van der Waals surface area contributed by atoms with Gasteiger partial charge >= 0.3 is 5.97 Å². The highest BCUT2D eigenvalue weighted by atomic mass is 32.2. The molecule has 7 nitrogen and oxygen atoms in total. The molecule has 9 heteroatoms. The lowest BCUT2D eigenvalue weighted by molar-refractivity contribution is 0.0601. The van der Waals surface area contributed by atoms with Crippen LogP contribution in [0.15, 0.2) is 29.2 Å². The summed E-state index contributed by atoms with van der Waals surface area (Å²) in [5.74, 6) is -0.930. The maximum Gasteiger partial charge on any atom is 0.341 e. The van der Waals surface area contributed by atoms with Crippen LogP contribution in [0.5, 0.6) is 0 Å². The summed E-state index contributed by atoms with van der Waals surface area (Å²) in [5.41, 5.74) is 1.41. The summed E-state index contributed by atoms with van der Waals surface area (Å²) < 4.78 is 32.2. The highest BCUT2D eigenvalue weighted by Gasteiger charge is 2.29. The van der Waals surface area contributed by atoms with Gasteiger partial charge in [0, 0.05) is 23.5 Å². The molecule has 3 rings (SSSR count). The average Bonchev–Trinajstić information content (AvgIpc) is 3.06. The number of rotatable bonds is 6. The molecule has 1 amide bonds. The smallest absolute Gasteiger partial charge is 0.341 e. The third-order valence-corrected chi connectivity index (χ3v) is 8.93. The highest BCUT2D eigenvalue weighted by molar-refractivity contribution is 7.89. The molecule has 1 aromatic heterocycles. The molecule has 168 valence electrons. The van der Waals surface area contributed by atoms with Crippen LogP contribution in [0.3, 0.4) is 0 Å². The van der Waals surface area contributed by atoms with Crippen molar-refractivity contribution in [2.45, 2.75) is 56.9 Å². The normalized spacial score (nSPS) is 15.1. The van der Waals surface area contributed by atoms with Gasteiger partial charge < -0.3 is 10.1 Å². The molecule has 1 fully saturated rings. The lowest BCUT2D eigenvalue weighted by Gasteiger charge is -2.30. The Kier molecular flexibility index (Phi) is 7.18. The third kappa shape index (κ3) is 4.83. The van der Waals surface area contributed by atoms with Gasteiger partial charge in [-0.05, 0) is 56.5 Å². The molecule has 0 atom stereocenters. The first-order chi connectivity index (χ1) is 14.7. The minimum Gasteiger partial charge on any atom is -0.465 e. The fourth-order valence-electron chi connectivity index (χ4n) is 3.82. The number of nitrogens with zero attached hydrogens (tertiary/aromatic N) is 1. The van der Waals surface area contributed by atoms with Crippen LogP contribution in [-0.4, -0.2) is 44.8 Å². The van der Waals surface area contributed by atoms with E-state index in [0.717, 1.165) is 42.5 Å². The molecule has 1 saturated carbocycles. The Morgan fingerprint density at radius 1 is 1.10 bits per heavy atom. The van der Waals surface area contributed by atoms with Crippen molar-refractivity contribution in [2.75, 3.05) is 19.5 Å². The van der Waals surface area contributed by atoms with E-state index in [1.807, 2.05) is 6.92 Å². The van der Waals surface area contributed by atoms with E-state index < -0.39 is 21.9 Å². The monoisotopic (exact) mass is 464 g/mol. The summed E-state index contributed by atoms with van der Waals surface area (Å²) in [6, 6.07) is 5.90. The SMILES string of the molecule is COC(=O)c1c(NC(=O)c2ccc(S(=O)(=O)N(C)C3CCCCC3)cc2)sc(C)c1C. The quantitative estimate of drug-likeness (QED) is 0.642. The number of carbonyl (C=O) groups excluding carboxylic acids is 2. The summed E-state index contributed by atoms with van der Waals surface area (Å²) in [6.45, 7) is 3.67. The Labute approximate surface area is 187 Å². The van der Waals surface area contributed by atoms with Crippen molar-refractivity contribution in [3.8, 4) is 0 Å². The van der Waals surface area contributed by atoms with Gasteiger partial charge in [0.2, 0.25) is 10.0 Å². The molecule has 1 heterocycles. The molecule has 0 radical (unpaired) electrons. The first-order valence-corrected chi connectivity index (χ1v) is 12.5. The molecule has 0 aliphatic heterocycles. The topological polar surface area (TPSA) is 92.8 Å². The number of thiophene rings is 1. The number of methoxy groups -OCH3 is 1. The lowest BCUT2D eigenvalue weighted by Crippen LogP contribution is -2.38. The zero-order valence-corrected chi connectivity index (χ0v) is 19.9. The van der Waals surface area contributed by atoms with E-state index in [1.165, 1.54) is 47.0 Å². The molecule has 0 unspecified atom stereocenters. The van der Waals surface area contributed by atoms with E-state index in [-0.39, 0.29) is 10.9 Å². The average molecular weight is 465 g/mol. The molecule has 0 bridgehead atoms. The first-order valence-electron chi connectivity index (χ1n) is 10.2. The number of hydrogen-bond acceptors (Lipinski definition) is 6. The number of carbonyl (C=O) groups is 2. The molecule has 2 aromatic rings. The highest BCUT2D eigenvalue weighted by Crippen LogP contribution is 2.33. The van der Waals surface area contributed by atoms with E-state index in [9.17, 15) is 18.0 Å². The van der Waals surface area contributed by atoms with Crippen LogP contribution in [0.4, 0.5) is 5.00 Å². The standard InChI is InChI=1S/C22H28N2O5S2/c1-14-15(2)30-21(19(14)22(26)29-4)23-20(25)16-10-12-18(13-11-16)31(27,28)24(3)17-8-6-5-7-9-17/h10-13,17H,5-9H2,1-4H3,(H,23,25). The van der Waals surface area contributed by atoms with Gasteiger partial charge in [-0.15, -0.1) is 11.3 Å². The zero-order valence-electron chi connectivity index (χ0n) is 18.2. The van der Waals surface area contributed by atoms with E-state index in [0.29, 0.717) is 16.1 Å². The maximum atomic E-state index is 13.0. The van der Waals surface area contributed by atoms with Crippen molar-refractivity contribution in [1.82, 2.24) is 4.31 Å². The van der Waals surface area contributed by atoms with Gasteiger partial charge in [-0.25, -0.2) is 13.2 Å². The van der Waals surface area contributed by atoms with Gasteiger partial charge in [-0.2, -0.15) is 4.31 Å². The predicted octanol–water partition coefficient (Wildman–Crippen LogP) is 4.36. The number of benzene rings is 1. The number of esters is 1. The van der Waals surface area contributed by atoms with E-state index >= 15 is 0 Å². The Bertz CT molecular complexity index is 1070. The van der Waals surface area contributed by atoms with Gasteiger partial charge in [-0.1, -0.05) is 19.3 Å². The van der Waals surface area contributed by atoms with Crippen LogP contribution >= 0.6 is 11.3 Å². The lowest BCUT2D eigenvalue weighted by atomic mass is 9.96. The van der Waals surface area contributed by atoms with Crippen molar-refractivity contribution in [3.63, 3.8) is 0 Å². The second-order valence-corrected chi connectivity index (χ2v) is 11.0. The van der Waals surface area contributed by atoms with Crippen molar-refractivity contribution >= 4 is 38.2 Å². The Morgan fingerprint density at radius 3 is 2.29 bits per heavy atom. The summed E-state index contributed by atoms with van der Waals surface area (Å²) in [5, 5.41) is 3.17. The largest absolute Gasteiger partial charge is 0.465 e. The minimum atomic E-state index is -3.62. The van der Waals surface area contributed by atoms with Crippen LogP contribution in [0, 0.1) is 13.8 Å². The van der Waals surface area contributed by atoms with Crippen LogP contribution in [0.1, 0.15) is 63.3 Å². The number of nitrogens with one attached hydrogen (secondary N) is 1. The summed E-state index contributed by atoms with van der Waals surface area (Å²) >= 11 is 1.30. The number of aryl methyl sites for hydroxylation is 1. The van der Waals surface area contributed by atoms with E-state index in [2.05, 4.69) is 5.32 Å². The van der Waals surface area contributed by atoms with Crippen molar-refractivity contribution in [1.29, 1.82) is 0 Å². The molecular weight excluding hydrogens is 436 g/mol. The van der Waals surface area contributed by atoms with Crippen molar-refractivity contribution in [3.05, 3.63) is 45.8 Å². The summed E-state index contributed by atoms with van der Waals surface area (Å²) in [4.78, 5) is 25.9. The number of sulfonamides is 1. The van der Waals surface area contributed by atoms with Gasteiger partial charge in [0.1, 0.15) is 5.00 Å². The van der Waals surface area contributed by atoms with Gasteiger partial charge in [0.05, 0.1) is 17.6 Å². The molecule has 1 aliphatic rings. The number of anilines is 1. The molecule has 1 aliphatic carbocycles. The number of hydrogen-bond donors (Lipinski definition) is 1. The molecule has 0 spiro atoms. The van der Waals surface area contributed by atoms with Gasteiger partial charge in [0.25, 0.3) is 5.91 Å². The predicted molar refractivity (Wildman–Crippen MR) is 121 cm³/mol. The Morgan fingerprint density at radius 2 is 1.71 bits per heavy atom. The Hall–Kier alpha value is -2.23. The second kappa shape index (κ2) is 9.50. The molecule has 1 N–H and O–H groups in total. The first kappa shape index (κ1) is 23.4. The summed E-state index contributed by atoms with van der Waals surface area (Å²) in [7, 11) is -0.699. The van der Waals surface area contributed by atoms with Crippen molar-refractivity contribution < 1.29 is 22.7 Å². The Balaban J connectivity index is 1.78. The summed E-state index contributed by atoms with van der Waals surface area (Å²) in [6.07, 6.45) is 4.98. The number of amides is 1. The third-order valence-electron chi connectivity index (χ3n) is 5.88. The van der Waals surface area contributed by atoms with Crippen molar-refractivity contribution in [2.24, 2.45) is 0 Å².